The van der Waals surface area contributed by atoms with Gasteiger partial charge in [-0.3, -0.25) is 0 Å². The summed E-state index contributed by atoms with van der Waals surface area (Å²) in [6, 6.07) is 8.68. The molecule has 1 saturated heterocycles. The van der Waals surface area contributed by atoms with E-state index < -0.39 is 0 Å². The smallest absolute Gasteiger partial charge is 0.229 e. The number of aryl methyl sites for hydroxylation is 2. The highest BCUT2D eigenvalue weighted by atomic mass is 35.5. The molecule has 0 amide bonds. The second kappa shape index (κ2) is 8.66. The summed E-state index contributed by atoms with van der Waals surface area (Å²) in [5.74, 6) is 2.59. The molecule has 150 valence electrons. The molecule has 1 unspecified atom stereocenters. The Balaban J connectivity index is 1.49. The molecule has 1 saturated carbocycles. The molecule has 1 atom stereocenters. The van der Waals surface area contributed by atoms with Crippen LogP contribution in [0.3, 0.4) is 0 Å². The van der Waals surface area contributed by atoms with Crippen molar-refractivity contribution in [3.05, 3.63) is 40.5 Å². The fourth-order valence-electron chi connectivity index (χ4n) is 3.68. The van der Waals surface area contributed by atoms with E-state index in [1.807, 2.05) is 25.1 Å². The Morgan fingerprint density at radius 1 is 1.18 bits per heavy atom. The van der Waals surface area contributed by atoms with Crippen molar-refractivity contribution in [2.75, 3.05) is 29.9 Å². The van der Waals surface area contributed by atoms with Crippen LogP contribution in [0.4, 0.5) is 17.5 Å². The first-order valence-corrected chi connectivity index (χ1v) is 10.9. The summed E-state index contributed by atoms with van der Waals surface area (Å²) in [7, 11) is 0. The van der Waals surface area contributed by atoms with E-state index in [1.54, 1.807) is 0 Å². The number of aromatic nitrogens is 2. The normalized spacial score (nSPS) is 19.2. The molecule has 6 heteroatoms. The number of nitrogens with one attached hydrogen (secondary N) is 2. The molecule has 1 aromatic carbocycles. The number of halogens is 1. The van der Waals surface area contributed by atoms with Crippen molar-refractivity contribution in [3.8, 4) is 0 Å². The molecule has 2 heterocycles. The maximum Gasteiger partial charge on any atom is 0.229 e. The van der Waals surface area contributed by atoms with Gasteiger partial charge in [-0.2, -0.15) is 4.98 Å². The average Bonchev–Trinajstić information content (AvgIpc) is 3.39. The van der Waals surface area contributed by atoms with Crippen molar-refractivity contribution in [1.82, 2.24) is 15.3 Å². The second-order valence-electron chi connectivity index (χ2n) is 8.16. The number of anilines is 3. The van der Waals surface area contributed by atoms with Crippen molar-refractivity contribution < 1.29 is 0 Å². The van der Waals surface area contributed by atoms with E-state index in [1.165, 1.54) is 25.8 Å². The second-order valence-corrected chi connectivity index (χ2v) is 8.57. The molecule has 0 spiro atoms. The maximum absolute atomic E-state index is 6.27. The van der Waals surface area contributed by atoms with E-state index in [0.29, 0.717) is 12.0 Å². The summed E-state index contributed by atoms with van der Waals surface area (Å²) in [5.41, 5.74) is 3.07. The predicted molar refractivity (Wildman–Crippen MR) is 117 cm³/mol. The first-order valence-electron chi connectivity index (χ1n) is 10.5. The third-order valence-corrected chi connectivity index (χ3v) is 6.01. The lowest BCUT2D eigenvalue weighted by Gasteiger charge is -2.20. The van der Waals surface area contributed by atoms with E-state index in [2.05, 4.69) is 28.5 Å². The van der Waals surface area contributed by atoms with Gasteiger partial charge in [0.1, 0.15) is 5.82 Å². The van der Waals surface area contributed by atoms with E-state index in [9.17, 15) is 0 Å². The Labute approximate surface area is 172 Å². The first-order chi connectivity index (χ1) is 13.6. The van der Waals surface area contributed by atoms with Crippen LogP contribution in [-0.4, -0.2) is 35.6 Å². The Kier molecular flexibility index (Phi) is 6.02. The topological polar surface area (TPSA) is 53.1 Å². The summed E-state index contributed by atoms with van der Waals surface area (Å²) in [6.07, 6.45) is 5.99. The molecule has 0 radical (unpaired) electrons. The molecule has 1 aliphatic carbocycles. The van der Waals surface area contributed by atoms with Crippen molar-refractivity contribution in [3.63, 3.8) is 0 Å². The Hall–Kier alpha value is -1.85. The van der Waals surface area contributed by atoms with E-state index >= 15 is 0 Å². The van der Waals surface area contributed by atoms with Crippen LogP contribution in [0.1, 0.15) is 43.9 Å². The highest BCUT2D eigenvalue weighted by Gasteiger charge is 2.27. The van der Waals surface area contributed by atoms with Crippen molar-refractivity contribution >= 4 is 29.1 Å². The predicted octanol–water partition coefficient (Wildman–Crippen LogP) is 4.71. The molecule has 28 heavy (non-hydrogen) atoms. The Bertz CT molecular complexity index is 821. The zero-order valence-corrected chi connectivity index (χ0v) is 17.6. The van der Waals surface area contributed by atoms with Crippen LogP contribution in [0.25, 0.3) is 0 Å². The Morgan fingerprint density at radius 2 is 2.04 bits per heavy atom. The van der Waals surface area contributed by atoms with Gasteiger partial charge in [0.15, 0.2) is 0 Å². The van der Waals surface area contributed by atoms with Crippen LogP contribution in [-0.2, 0) is 6.42 Å². The van der Waals surface area contributed by atoms with Crippen LogP contribution < -0.4 is 15.5 Å². The molecule has 5 nitrogen and oxygen atoms in total. The van der Waals surface area contributed by atoms with Gasteiger partial charge >= 0.3 is 0 Å². The Morgan fingerprint density at radius 3 is 2.79 bits per heavy atom. The van der Waals surface area contributed by atoms with Gasteiger partial charge in [-0.05, 0) is 62.8 Å². The summed E-state index contributed by atoms with van der Waals surface area (Å²) in [6.45, 7) is 7.42. The van der Waals surface area contributed by atoms with E-state index in [0.717, 1.165) is 59.6 Å². The quantitative estimate of drug-likeness (QED) is 0.673. The van der Waals surface area contributed by atoms with Gasteiger partial charge in [0.05, 0.1) is 0 Å². The number of nitrogens with zero attached hydrogens (tertiary/aromatic N) is 3. The summed E-state index contributed by atoms with van der Waals surface area (Å²) in [4.78, 5) is 11.9. The van der Waals surface area contributed by atoms with Gasteiger partial charge in [0, 0.05) is 41.6 Å². The molecule has 0 bridgehead atoms. The monoisotopic (exact) mass is 399 g/mol. The van der Waals surface area contributed by atoms with Crippen molar-refractivity contribution in [2.24, 2.45) is 5.92 Å². The molecule has 2 aliphatic rings. The first kappa shape index (κ1) is 19.5. The SMILES string of the molecule is CCCc1cc(N2CCC(NCC3CC3)C2)nc(Nc2ccc(C)c(Cl)c2)n1. The molecular formula is C22H30ClN5. The van der Waals surface area contributed by atoms with Gasteiger partial charge in [-0.25, -0.2) is 4.98 Å². The average molecular weight is 400 g/mol. The molecule has 2 fully saturated rings. The molecule has 4 rings (SSSR count). The minimum Gasteiger partial charge on any atom is -0.355 e. The largest absolute Gasteiger partial charge is 0.355 e. The minimum atomic E-state index is 0.567. The lowest BCUT2D eigenvalue weighted by atomic mass is 10.2. The molecule has 2 N–H and O–H groups in total. The van der Waals surface area contributed by atoms with Crippen LogP contribution in [0.2, 0.25) is 5.02 Å². The summed E-state index contributed by atoms with van der Waals surface area (Å²) in [5, 5.41) is 7.83. The third kappa shape index (κ3) is 4.95. The fourth-order valence-corrected chi connectivity index (χ4v) is 3.86. The lowest BCUT2D eigenvalue weighted by molar-refractivity contribution is 0.530. The minimum absolute atomic E-state index is 0.567. The lowest BCUT2D eigenvalue weighted by Crippen LogP contribution is -2.34. The highest BCUT2D eigenvalue weighted by Crippen LogP contribution is 2.29. The summed E-state index contributed by atoms with van der Waals surface area (Å²) < 4.78 is 0. The van der Waals surface area contributed by atoms with Gasteiger partial charge in [-0.15, -0.1) is 0 Å². The van der Waals surface area contributed by atoms with E-state index in [4.69, 9.17) is 21.6 Å². The number of benzene rings is 1. The molecule has 1 aliphatic heterocycles. The van der Waals surface area contributed by atoms with Crippen molar-refractivity contribution in [1.29, 1.82) is 0 Å². The van der Waals surface area contributed by atoms with Crippen LogP contribution in [0.5, 0.6) is 0 Å². The standard InChI is InChI=1S/C22H30ClN5/c1-3-4-17-12-21(28-10-9-19(14-28)24-13-16-6-7-16)27-22(25-17)26-18-8-5-15(2)20(23)11-18/h5,8,11-12,16,19,24H,3-4,6-7,9-10,13-14H2,1-2H3,(H,25,26,27). The fraction of sp³-hybridized carbons (Fsp3) is 0.545. The van der Waals surface area contributed by atoms with Gasteiger partial charge in [-0.1, -0.05) is 31.0 Å². The highest BCUT2D eigenvalue weighted by molar-refractivity contribution is 6.31. The van der Waals surface area contributed by atoms with Crippen LogP contribution in [0.15, 0.2) is 24.3 Å². The van der Waals surface area contributed by atoms with Gasteiger partial charge in [0.2, 0.25) is 5.95 Å². The number of rotatable bonds is 8. The number of hydrogen-bond donors (Lipinski definition) is 2. The zero-order chi connectivity index (χ0) is 19.5. The number of hydrogen-bond acceptors (Lipinski definition) is 5. The van der Waals surface area contributed by atoms with Crippen LogP contribution >= 0.6 is 11.6 Å². The van der Waals surface area contributed by atoms with E-state index in [-0.39, 0.29) is 0 Å². The molecule has 2 aromatic rings. The third-order valence-electron chi connectivity index (χ3n) is 5.60. The van der Waals surface area contributed by atoms with Crippen molar-refractivity contribution in [2.45, 2.75) is 52.0 Å². The van der Waals surface area contributed by atoms with Gasteiger partial charge < -0.3 is 15.5 Å². The maximum atomic E-state index is 6.27. The zero-order valence-electron chi connectivity index (χ0n) is 16.8. The van der Waals surface area contributed by atoms with Gasteiger partial charge in [0.25, 0.3) is 0 Å². The molecular weight excluding hydrogens is 370 g/mol. The molecule has 1 aromatic heterocycles. The van der Waals surface area contributed by atoms with Crippen LogP contribution in [0, 0.1) is 12.8 Å². The summed E-state index contributed by atoms with van der Waals surface area (Å²) >= 11 is 6.27.